The van der Waals surface area contributed by atoms with Gasteiger partial charge in [-0.2, -0.15) is 0 Å². The molecule has 7 heteroatoms. The lowest BCUT2D eigenvalue weighted by molar-refractivity contribution is -0.419. The summed E-state index contributed by atoms with van der Waals surface area (Å²) in [6.45, 7) is 4.30. The molecule has 0 N–H and O–H groups in total. The molecule has 1 aliphatic heterocycles. The minimum atomic E-state index is -1.08. The number of hydrogen-bond acceptors (Lipinski definition) is 4. The number of halogens is 1. The van der Waals surface area contributed by atoms with Gasteiger partial charge >= 0.3 is 6.26 Å². The van der Waals surface area contributed by atoms with E-state index in [-0.39, 0.29) is 0 Å². The summed E-state index contributed by atoms with van der Waals surface area (Å²) in [4.78, 5) is 5.25. The van der Waals surface area contributed by atoms with Gasteiger partial charge in [0.05, 0.1) is 0 Å². The van der Waals surface area contributed by atoms with Crippen LogP contribution in [0.4, 0.5) is 0 Å². The molecular weight excluding hydrogens is 363 g/mol. The van der Waals surface area contributed by atoms with E-state index in [2.05, 4.69) is 48.0 Å². The Balaban J connectivity index is 1.86. The van der Waals surface area contributed by atoms with Gasteiger partial charge in [-0.1, -0.05) is 6.07 Å². The highest BCUT2D eigenvalue weighted by molar-refractivity contribution is 7.22. The highest BCUT2D eigenvalue weighted by Gasteiger charge is 2.31. The van der Waals surface area contributed by atoms with Gasteiger partial charge in [0.25, 0.3) is 0 Å². The first-order valence-corrected chi connectivity index (χ1v) is 10.4. The molecule has 1 unspecified atom stereocenters. The summed E-state index contributed by atoms with van der Waals surface area (Å²) in [7, 11) is 0. The van der Waals surface area contributed by atoms with Gasteiger partial charge in [-0.3, -0.25) is 0 Å². The third-order valence-corrected chi connectivity index (χ3v) is 8.11. The van der Waals surface area contributed by atoms with Crippen molar-refractivity contribution in [3.8, 4) is 20.9 Å². The lowest BCUT2D eigenvalue weighted by atomic mass is 9.77. The lowest BCUT2D eigenvalue weighted by Crippen LogP contribution is -2.55. The highest BCUT2D eigenvalue weighted by Crippen LogP contribution is 2.39. The Morgan fingerprint density at radius 2 is 1.87 bits per heavy atom. The van der Waals surface area contributed by atoms with Crippen molar-refractivity contribution in [2.75, 3.05) is 0 Å². The summed E-state index contributed by atoms with van der Waals surface area (Å²) in [5.74, 6) is 0. The molecule has 0 bridgehead atoms. The van der Waals surface area contributed by atoms with Crippen molar-refractivity contribution >= 4 is 68.6 Å². The Bertz CT molecular complexity index is 1080. The van der Waals surface area contributed by atoms with Gasteiger partial charge in [-0.05, 0) is 43.0 Å². The summed E-state index contributed by atoms with van der Waals surface area (Å²) in [5, 5.41) is 0. The number of nitrogens with zero attached hydrogens (tertiary/aromatic N) is 2. The predicted octanol–water partition coefficient (Wildman–Crippen LogP) is 4.19. The molecule has 4 aromatic rings. The molecule has 3 aromatic heterocycles. The van der Waals surface area contributed by atoms with E-state index >= 15 is 0 Å². The minimum Gasteiger partial charge on any atom is -0.349 e. The van der Waals surface area contributed by atoms with Crippen LogP contribution in [0.5, 0.6) is 0 Å². The first kappa shape index (κ1) is 14.2. The third-order valence-electron chi connectivity index (χ3n) is 4.38. The van der Waals surface area contributed by atoms with E-state index in [9.17, 15) is 0 Å². The molecule has 0 spiro atoms. The number of thiophene rings is 2. The van der Waals surface area contributed by atoms with Gasteiger partial charge in [-0.15, -0.1) is 28.1 Å². The molecule has 1 aromatic carbocycles. The first-order valence-electron chi connectivity index (χ1n) is 7.46. The summed E-state index contributed by atoms with van der Waals surface area (Å²) in [5.41, 5.74) is 6.09. The van der Waals surface area contributed by atoms with Crippen molar-refractivity contribution in [1.29, 1.82) is 0 Å². The van der Waals surface area contributed by atoms with Crippen molar-refractivity contribution in [3.63, 3.8) is 0 Å². The molecule has 1 aliphatic rings. The maximum atomic E-state index is 6.83. The van der Waals surface area contributed by atoms with E-state index in [0.717, 1.165) is 5.52 Å². The smallest absolute Gasteiger partial charge is 0.300 e. The zero-order valence-electron chi connectivity index (χ0n) is 12.6. The largest absolute Gasteiger partial charge is 0.349 e. The van der Waals surface area contributed by atoms with E-state index in [1.54, 1.807) is 0 Å². The monoisotopic (exact) mass is 374 g/mol. The van der Waals surface area contributed by atoms with Gasteiger partial charge in [0.15, 0.2) is 5.52 Å². The third kappa shape index (κ3) is 1.92. The fourth-order valence-electron chi connectivity index (χ4n) is 3.37. The van der Waals surface area contributed by atoms with E-state index < -0.39 is 6.26 Å². The van der Waals surface area contributed by atoms with Crippen LogP contribution in [0, 0.1) is 13.8 Å². The Kier molecular flexibility index (Phi) is 3.02. The number of aryl methyl sites for hydroxylation is 2. The molecule has 4 heterocycles. The normalized spacial score (nSPS) is 16.0. The van der Waals surface area contributed by atoms with Crippen molar-refractivity contribution in [2.45, 2.75) is 13.8 Å². The summed E-state index contributed by atoms with van der Waals surface area (Å²) < 4.78 is 6.99. The predicted molar refractivity (Wildman–Crippen MR) is 104 cm³/mol. The van der Waals surface area contributed by atoms with Crippen LogP contribution in [-0.4, -0.2) is 10.6 Å². The van der Waals surface area contributed by atoms with Gasteiger partial charge in [0, 0.05) is 30.1 Å². The molecule has 114 valence electrons. The fraction of sp³-hybridized carbons (Fsp3) is 0.125. The molecule has 1 atom stereocenters. The van der Waals surface area contributed by atoms with Crippen LogP contribution in [0.2, 0.25) is 0 Å². The Morgan fingerprint density at radius 1 is 1.04 bits per heavy atom. The molecular formula is C16H12BClN2S3. The van der Waals surface area contributed by atoms with Crippen LogP contribution in [0.15, 0.2) is 30.3 Å². The van der Waals surface area contributed by atoms with E-state index in [1.165, 1.54) is 53.3 Å². The Morgan fingerprint density at radius 3 is 2.65 bits per heavy atom. The van der Waals surface area contributed by atoms with E-state index in [1.807, 2.05) is 22.7 Å². The van der Waals surface area contributed by atoms with Gasteiger partial charge < -0.3 is 15.3 Å². The second-order valence-electron chi connectivity index (χ2n) is 5.94. The number of fused-ring (bicyclic) bond motifs is 2. The summed E-state index contributed by atoms with van der Waals surface area (Å²) in [6, 6.07) is 11.1. The van der Waals surface area contributed by atoms with Crippen LogP contribution in [0.1, 0.15) is 9.75 Å². The van der Waals surface area contributed by atoms with Crippen LogP contribution in [0.25, 0.3) is 31.9 Å². The Labute approximate surface area is 151 Å². The Hall–Kier alpha value is -1.21. The molecule has 23 heavy (non-hydrogen) atoms. The molecule has 2 nitrogen and oxygen atoms in total. The first-order chi connectivity index (χ1) is 11.1. The molecule has 0 saturated carbocycles. The van der Waals surface area contributed by atoms with Crippen molar-refractivity contribution < 1.29 is 3.87 Å². The van der Waals surface area contributed by atoms with Gasteiger partial charge in [0.2, 0.25) is 17.2 Å². The topological polar surface area (TPSA) is 16.8 Å². The maximum absolute atomic E-state index is 6.83. The van der Waals surface area contributed by atoms with Crippen LogP contribution >= 0.6 is 45.9 Å². The molecule has 0 amide bonds. The highest BCUT2D eigenvalue weighted by atomic mass is 35.5. The zero-order valence-corrected chi connectivity index (χ0v) is 15.8. The average Bonchev–Trinajstić information content (AvgIpc) is 3.23. The maximum Gasteiger partial charge on any atom is 0.300 e. The number of hydrogen-bond donors (Lipinski definition) is 0. The molecule has 0 aliphatic carbocycles. The van der Waals surface area contributed by atoms with Gasteiger partial charge in [0.1, 0.15) is 0 Å². The minimum absolute atomic E-state index is 1.08. The summed E-state index contributed by atoms with van der Waals surface area (Å²) in [6.07, 6.45) is -1.08. The number of rotatable bonds is 1. The summed E-state index contributed by atoms with van der Waals surface area (Å²) >= 11 is 12.0. The second-order valence-corrected chi connectivity index (χ2v) is 9.78. The molecule has 0 saturated heterocycles. The molecule has 0 fully saturated rings. The molecule has 0 radical (unpaired) electrons. The quantitative estimate of drug-likeness (QED) is 0.457. The van der Waals surface area contributed by atoms with Crippen LogP contribution in [0.3, 0.4) is 0 Å². The zero-order chi connectivity index (χ0) is 15.7. The SMILES string of the molecule is Cc1ccc(-c2ccc3c4c2ns[n+]4[BH-](Cl)c2cc(C)sc2-3)s1. The average molecular weight is 375 g/mol. The number of benzene rings is 1. The second kappa shape index (κ2) is 4.90. The van der Waals surface area contributed by atoms with E-state index in [4.69, 9.17) is 15.8 Å². The van der Waals surface area contributed by atoms with Crippen molar-refractivity contribution in [2.24, 2.45) is 0 Å². The number of aromatic nitrogens is 2. The lowest BCUT2D eigenvalue weighted by Gasteiger charge is -2.20. The van der Waals surface area contributed by atoms with Gasteiger partial charge in [-0.25, -0.2) is 0 Å². The van der Waals surface area contributed by atoms with Crippen molar-refractivity contribution in [3.05, 3.63) is 40.1 Å². The standard InChI is InChI=1S/C16H12BClN2S3/c1-8-3-6-13(21-8)10-4-5-11-15-14(10)19-23-20(15)17(18)12-7-9(2)22-16(11)12/h3-7,17H,1-2H3. The van der Waals surface area contributed by atoms with Crippen molar-refractivity contribution in [1.82, 2.24) is 4.37 Å². The van der Waals surface area contributed by atoms with E-state index in [0.29, 0.717) is 0 Å². The fourth-order valence-corrected chi connectivity index (χ4v) is 6.80. The molecule has 5 rings (SSSR count). The van der Waals surface area contributed by atoms with Crippen LogP contribution in [-0.2, 0) is 0 Å². The van der Waals surface area contributed by atoms with Crippen LogP contribution < -0.4 is 9.33 Å².